The summed E-state index contributed by atoms with van der Waals surface area (Å²) in [5.41, 5.74) is 8.54. The Bertz CT molecular complexity index is 563. The molecule has 2 N–H and O–H groups in total. The van der Waals surface area contributed by atoms with E-state index >= 15 is 0 Å². The molecule has 1 aliphatic rings. The number of hydrogen-bond acceptors (Lipinski definition) is 3. The number of rotatable bonds is 3. The first-order valence-corrected chi connectivity index (χ1v) is 7.45. The Morgan fingerprint density at radius 3 is 3.11 bits per heavy atom. The van der Waals surface area contributed by atoms with Crippen molar-refractivity contribution in [3.8, 4) is 5.69 Å². The van der Waals surface area contributed by atoms with Crippen LogP contribution in [0.15, 0.2) is 36.8 Å². The highest BCUT2D eigenvalue weighted by Gasteiger charge is 2.26. The Morgan fingerprint density at radius 2 is 2.37 bits per heavy atom. The number of hydrogen-bond donors (Lipinski definition) is 1. The maximum absolute atomic E-state index is 6.38. The van der Waals surface area contributed by atoms with Crippen molar-refractivity contribution in [2.75, 3.05) is 13.2 Å². The smallest absolute Gasteiger partial charge is 0.0994 e. The lowest BCUT2D eigenvalue weighted by Gasteiger charge is -2.19. The molecule has 5 heteroatoms. The van der Waals surface area contributed by atoms with Gasteiger partial charge in [-0.2, -0.15) is 0 Å². The Kier molecular flexibility index (Phi) is 3.86. The third kappa shape index (κ3) is 2.68. The van der Waals surface area contributed by atoms with E-state index in [1.165, 1.54) is 3.57 Å². The minimum atomic E-state index is -0.0251. The van der Waals surface area contributed by atoms with Gasteiger partial charge in [-0.25, -0.2) is 4.98 Å². The van der Waals surface area contributed by atoms with Crippen LogP contribution in [0.3, 0.4) is 0 Å². The summed E-state index contributed by atoms with van der Waals surface area (Å²) in [6.45, 7) is 1.56. The summed E-state index contributed by atoms with van der Waals surface area (Å²) in [4.78, 5) is 4.26. The number of aromatic nitrogens is 2. The molecule has 4 nitrogen and oxygen atoms in total. The molecule has 2 aromatic rings. The van der Waals surface area contributed by atoms with Crippen LogP contribution in [0.2, 0.25) is 0 Å². The molecular formula is C14H16IN3O. The maximum atomic E-state index is 6.38. The molecule has 1 aromatic heterocycles. The van der Waals surface area contributed by atoms with Crippen molar-refractivity contribution >= 4 is 22.6 Å². The molecule has 3 rings (SSSR count). The molecule has 1 fully saturated rings. The lowest BCUT2D eigenvalue weighted by Crippen LogP contribution is -2.24. The maximum Gasteiger partial charge on any atom is 0.0994 e. The van der Waals surface area contributed by atoms with Crippen molar-refractivity contribution in [3.63, 3.8) is 0 Å². The SMILES string of the molecule is NC(c1cncn1-c1cccc(I)c1)C1CCOC1. The van der Waals surface area contributed by atoms with Crippen LogP contribution in [0.25, 0.3) is 5.69 Å². The van der Waals surface area contributed by atoms with E-state index in [-0.39, 0.29) is 6.04 Å². The molecule has 19 heavy (non-hydrogen) atoms. The highest BCUT2D eigenvalue weighted by molar-refractivity contribution is 14.1. The monoisotopic (exact) mass is 369 g/mol. The normalized spacial score (nSPS) is 20.6. The number of nitrogens with two attached hydrogens (primary N) is 1. The quantitative estimate of drug-likeness (QED) is 0.846. The van der Waals surface area contributed by atoms with Gasteiger partial charge >= 0.3 is 0 Å². The first-order valence-electron chi connectivity index (χ1n) is 6.37. The van der Waals surface area contributed by atoms with Crippen molar-refractivity contribution in [1.82, 2.24) is 9.55 Å². The zero-order valence-electron chi connectivity index (χ0n) is 10.5. The van der Waals surface area contributed by atoms with Gasteiger partial charge in [-0.15, -0.1) is 0 Å². The summed E-state index contributed by atoms with van der Waals surface area (Å²) in [5, 5.41) is 0. The lowest BCUT2D eigenvalue weighted by atomic mass is 9.97. The number of nitrogens with zero attached hydrogens (tertiary/aromatic N) is 2. The predicted molar refractivity (Wildman–Crippen MR) is 82.1 cm³/mol. The molecule has 1 aromatic carbocycles. The Hall–Kier alpha value is -0.920. The predicted octanol–water partition coefficient (Wildman–Crippen LogP) is 2.51. The molecular weight excluding hydrogens is 353 g/mol. The largest absolute Gasteiger partial charge is 0.381 e. The van der Waals surface area contributed by atoms with Gasteiger partial charge in [0.25, 0.3) is 0 Å². The van der Waals surface area contributed by atoms with Crippen LogP contribution in [0.4, 0.5) is 0 Å². The van der Waals surface area contributed by atoms with Gasteiger partial charge < -0.3 is 15.0 Å². The summed E-state index contributed by atoms with van der Waals surface area (Å²) >= 11 is 2.31. The average Bonchev–Trinajstić information content (AvgIpc) is 3.09. The van der Waals surface area contributed by atoms with E-state index in [2.05, 4.69) is 50.3 Å². The average molecular weight is 369 g/mol. The Balaban J connectivity index is 1.93. The summed E-state index contributed by atoms with van der Waals surface area (Å²) in [5.74, 6) is 0.387. The van der Waals surface area contributed by atoms with Crippen LogP contribution < -0.4 is 5.73 Å². The van der Waals surface area contributed by atoms with Crippen molar-refractivity contribution in [1.29, 1.82) is 0 Å². The molecule has 0 saturated carbocycles. The van der Waals surface area contributed by atoms with Gasteiger partial charge in [0.1, 0.15) is 0 Å². The zero-order chi connectivity index (χ0) is 13.2. The number of ether oxygens (including phenoxy) is 1. The summed E-state index contributed by atoms with van der Waals surface area (Å²) in [7, 11) is 0. The number of imidazole rings is 1. The molecule has 1 aliphatic heterocycles. The fourth-order valence-electron chi connectivity index (χ4n) is 2.47. The second kappa shape index (κ2) is 5.60. The first kappa shape index (κ1) is 13.1. The topological polar surface area (TPSA) is 53.1 Å². The minimum Gasteiger partial charge on any atom is -0.381 e. The van der Waals surface area contributed by atoms with Crippen molar-refractivity contribution in [3.05, 3.63) is 46.1 Å². The van der Waals surface area contributed by atoms with Gasteiger partial charge in [-0.3, -0.25) is 0 Å². The summed E-state index contributed by atoms with van der Waals surface area (Å²) < 4.78 is 8.71. The van der Waals surface area contributed by atoms with Crippen LogP contribution in [0.1, 0.15) is 18.2 Å². The third-order valence-corrected chi connectivity index (χ3v) is 4.24. The lowest BCUT2D eigenvalue weighted by molar-refractivity contribution is 0.180. The number of halogens is 1. The third-order valence-electron chi connectivity index (χ3n) is 3.57. The van der Waals surface area contributed by atoms with E-state index in [1.807, 2.05) is 18.6 Å². The van der Waals surface area contributed by atoms with Gasteiger partial charge in [0.05, 0.1) is 30.9 Å². The summed E-state index contributed by atoms with van der Waals surface area (Å²) in [6, 6.07) is 8.30. The van der Waals surface area contributed by atoms with Gasteiger partial charge in [0.15, 0.2) is 0 Å². The van der Waals surface area contributed by atoms with Crippen molar-refractivity contribution in [2.24, 2.45) is 11.7 Å². The molecule has 2 unspecified atom stereocenters. The van der Waals surface area contributed by atoms with E-state index in [0.717, 1.165) is 31.0 Å². The first-order chi connectivity index (χ1) is 9.25. The van der Waals surface area contributed by atoms with Crippen LogP contribution in [0.5, 0.6) is 0 Å². The second-order valence-electron chi connectivity index (χ2n) is 4.82. The highest BCUT2D eigenvalue weighted by Crippen LogP contribution is 2.28. The molecule has 0 aliphatic carbocycles. The fraction of sp³-hybridized carbons (Fsp3) is 0.357. The van der Waals surface area contributed by atoms with Crippen molar-refractivity contribution < 1.29 is 4.74 Å². The molecule has 0 spiro atoms. The number of benzene rings is 1. The Morgan fingerprint density at radius 1 is 1.47 bits per heavy atom. The highest BCUT2D eigenvalue weighted by atomic mass is 127. The van der Waals surface area contributed by atoms with Gasteiger partial charge in [0.2, 0.25) is 0 Å². The van der Waals surface area contributed by atoms with E-state index in [9.17, 15) is 0 Å². The Labute approximate surface area is 126 Å². The van der Waals surface area contributed by atoms with E-state index in [4.69, 9.17) is 10.5 Å². The standard InChI is InChI=1S/C14H16IN3O/c15-11-2-1-3-12(6-11)18-9-17-7-13(18)14(16)10-4-5-19-8-10/h1-3,6-7,9-10,14H,4-5,8,16H2. The second-order valence-corrected chi connectivity index (χ2v) is 6.06. The molecule has 0 radical (unpaired) electrons. The fourth-order valence-corrected chi connectivity index (χ4v) is 3.00. The molecule has 2 heterocycles. The zero-order valence-corrected chi connectivity index (χ0v) is 12.7. The van der Waals surface area contributed by atoms with E-state index < -0.39 is 0 Å². The van der Waals surface area contributed by atoms with Crippen LogP contribution in [-0.4, -0.2) is 22.8 Å². The van der Waals surface area contributed by atoms with Crippen molar-refractivity contribution in [2.45, 2.75) is 12.5 Å². The van der Waals surface area contributed by atoms with Crippen LogP contribution in [-0.2, 0) is 4.74 Å². The van der Waals surface area contributed by atoms with Gasteiger partial charge in [0, 0.05) is 21.8 Å². The van der Waals surface area contributed by atoms with Crippen LogP contribution in [0, 0.1) is 9.49 Å². The molecule has 2 atom stereocenters. The minimum absolute atomic E-state index is 0.0251. The van der Waals surface area contributed by atoms with Gasteiger partial charge in [-0.05, 0) is 47.2 Å². The molecule has 100 valence electrons. The summed E-state index contributed by atoms with van der Waals surface area (Å²) in [6.07, 6.45) is 4.72. The molecule has 0 amide bonds. The molecule has 1 saturated heterocycles. The van der Waals surface area contributed by atoms with Gasteiger partial charge in [-0.1, -0.05) is 6.07 Å². The molecule has 0 bridgehead atoms. The van der Waals surface area contributed by atoms with Crippen LogP contribution >= 0.6 is 22.6 Å². The van der Waals surface area contributed by atoms with E-state index in [1.54, 1.807) is 0 Å². The van der Waals surface area contributed by atoms with E-state index in [0.29, 0.717) is 5.92 Å².